The largest absolute Gasteiger partial charge is 0.273 e. The van der Waals surface area contributed by atoms with Crippen LogP contribution in [-0.2, 0) is 11.2 Å². The Labute approximate surface area is 123 Å². The van der Waals surface area contributed by atoms with Crippen molar-refractivity contribution < 1.29 is 4.79 Å². The van der Waals surface area contributed by atoms with Crippen molar-refractivity contribution in [3.63, 3.8) is 0 Å². The Kier molecular flexibility index (Phi) is 4.69. The minimum absolute atomic E-state index is 0.0899. The molecule has 0 bridgehead atoms. The highest BCUT2D eigenvalue weighted by Crippen LogP contribution is 2.11. The smallest absolute Gasteiger partial charge is 0.244 e. The molecular formula is C16H18N2OS. The Balaban J connectivity index is 1.97. The van der Waals surface area contributed by atoms with Crippen LogP contribution in [0, 0.1) is 13.8 Å². The van der Waals surface area contributed by atoms with Crippen molar-refractivity contribution >= 4 is 23.0 Å². The molecule has 20 heavy (non-hydrogen) atoms. The minimum Gasteiger partial charge on any atom is -0.273 e. The number of amides is 1. The third-order valence-electron chi connectivity index (χ3n) is 3.08. The van der Waals surface area contributed by atoms with Gasteiger partial charge in [-0.15, -0.1) is 11.3 Å². The second kappa shape index (κ2) is 6.48. The Bertz CT molecular complexity index is 630. The Morgan fingerprint density at radius 1 is 1.30 bits per heavy atom. The molecule has 0 spiro atoms. The average Bonchev–Trinajstić information content (AvgIpc) is 2.93. The Morgan fingerprint density at radius 3 is 2.75 bits per heavy atom. The highest BCUT2D eigenvalue weighted by atomic mass is 32.1. The van der Waals surface area contributed by atoms with Gasteiger partial charge in [0.2, 0.25) is 5.91 Å². The lowest BCUT2D eigenvalue weighted by Gasteiger charge is -2.06. The van der Waals surface area contributed by atoms with Crippen LogP contribution in [0.3, 0.4) is 0 Å². The first-order chi connectivity index (χ1) is 9.56. The predicted molar refractivity (Wildman–Crippen MR) is 84.3 cm³/mol. The number of carbonyl (C=O) groups excluding carboxylic acids is 1. The minimum atomic E-state index is -0.0899. The van der Waals surface area contributed by atoms with Crippen molar-refractivity contribution in [1.82, 2.24) is 5.43 Å². The van der Waals surface area contributed by atoms with Gasteiger partial charge in [-0.1, -0.05) is 29.8 Å². The summed E-state index contributed by atoms with van der Waals surface area (Å²) in [6.45, 7) is 5.96. The number of hydrazone groups is 1. The van der Waals surface area contributed by atoms with Gasteiger partial charge in [-0.25, -0.2) is 5.43 Å². The maximum absolute atomic E-state index is 11.9. The van der Waals surface area contributed by atoms with Crippen molar-refractivity contribution in [1.29, 1.82) is 0 Å². The molecule has 1 amide bonds. The van der Waals surface area contributed by atoms with Crippen molar-refractivity contribution in [2.24, 2.45) is 5.10 Å². The van der Waals surface area contributed by atoms with Crippen LogP contribution in [0.25, 0.3) is 0 Å². The van der Waals surface area contributed by atoms with Gasteiger partial charge in [0, 0.05) is 4.88 Å². The van der Waals surface area contributed by atoms with E-state index in [1.165, 1.54) is 5.56 Å². The molecule has 104 valence electrons. The summed E-state index contributed by atoms with van der Waals surface area (Å²) in [5, 5.41) is 6.13. The first-order valence-corrected chi connectivity index (χ1v) is 7.37. The summed E-state index contributed by atoms with van der Waals surface area (Å²) in [6.07, 6.45) is 0.354. The first-order valence-electron chi connectivity index (χ1n) is 6.49. The van der Waals surface area contributed by atoms with Crippen molar-refractivity contribution in [3.05, 3.63) is 57.3 Å². The van der Waals surface area contributed by atoms with Gasteiger partial charge < -0.3 is 0 Å². The molecule has 3 nitrogen and oxygen atoms in total. The number of benzene rings is 1. The molecule has 0 aliphatic heterocycles. The number of hydrogen-bond acceptors (Lipinski definition) is 3. The second-order valence-corrected chi connectivity index (χ2v) is 5.76. The topological polar surface area (TPSA) is 41.5 Å². The van der Waals surface area contributed by atoms with Gasteiger partial charge in [0.05, 0.1) is 12.1 Å². The third kappa shape index (κ3) is 3.78. The number of aryl methyl sites for hydroxylation is 2. The highest BCUT2D eigenvalue weighted by molar-refractivity contribution is 7.12. The molecule has 1 aromatic heterocycles. The Morgan fingerprint density at radius 2 is 2.10 bits per heavy atom. The average molecular weight is 286 g/mol. The summed E-state index contributed by atoms with van der Waals surface area (Å²) >= 11 is 1.61. The van der Waals surface area contributed by atoms with E-state index in [4.69, 9.17) is 0 Å². The van der Waals surface area contributed by atoms with Gasteiger partial charge in [0.1, 0.15) is 0 Å². The zero-order valence-corrected chi connectivity index (χ0v) is 12.8. The van der Waals surface area contributed by atoms with E-state index in [2.05, 4.69) is 16.6 Å². The molecule has 1 N–H and O–H groups in total. The first kappa shape index (κ1) is 14.5. The van der Waals surface area contributed by atoms with E-state index in [1.807, 2.05) is 50.4 Å². The van der Waals surface area contributed by atoms with Crippen molar-refractivity contribution in [2.75, 3.05) is 0 Å². The molecule has 0 unspecified atom stereocenters. The Hall–Kier alpha value is -1.94. The SMILES string of the molecule is C/C(=N\NC(=O)Cc1ccc(C)cc1C)c1cccs1. The number of rotatable bonds is 4. The van der Waals surface area contributed by atoms with E-state index in [0.717, 1.165) is 21.7 Å². The molecule has 0 aliphatic rings. The fourth-order valence-corrected chi connectivity index (χ4v) is 2.62. The van der Waals surface area contributed by atoms with Gasteiger partial charge in [-0.05, 0) is 43.3 Å². The van der Waals surface area contributed by atoms with Gasteiger partial charge in [-0.3, -0.25) is 4.79 Å². The zero-order valence-electron chi connectivity index (χ0n) is 11.9. The maximum atomic E-state index is 11.9. The normalized spacial score (nSPS) is 11.4. The fraction of sp³-hybridized carbons (Fsp3) is 0.250. The third-order valence-corrected chi connectivity index (χ3v) is 4.05. The van der Waals surface area contributed by atoms with Crippen molar-refractivity contribution in [2.45, 2.75) is 27.2 Å². The summed E-state index contributed by atoms with van der Waals surface area (Å²) in [5.74, 6) is -0.0899. The molecule has 4 heteroatoms. The number of nitrogens with zero attached hydrogens (tertiary/aromatic N) is 1. The molecule has 1 aromatic carbocycles. The van der Waals surface area contributed by atoms with Crippen LogP contribution in [0.2, 0.25) is 0 Å². The number of nitrogens with one attached hydrogen (secondary N) is 1. The van der Waals surface area contributed by atoms with Crippen molar-refractivity contribution in [3.8, 4) is 0 Å². The molecule has 2 aromatic rings. The summed E-state index contributed by atoms with van der Waals surface area (Å²) < 4.78 is 0. The van der Waals surface area contributed by atoms with Gasteiger partial charge >= 0.3 is 0 Å². The van der Waals surface area contributed by atoms with E-state index in [1.54, 1.807) is 11.3 Å². The van der Waals surface area contributed by atoms with Crippen LogP contribution in [-0.4, -0.2) is 11.6 Å². The molecule has 1 heterocycles. The summed E-state index contributed by atoms with van der Waals surface area (Å²) in [4.78, 5) is 13.0. The lowest BCUT2D eigenvalue weighted by Crippen LogP contribution is -2.21. The van der Waals surface area contributed by atoms with E-state index < -0.39 is 0 Å². The lowest BCUT2D eigenvalue weighted by atomic mass is 10.0. The van der Waals surface area contributed by atoms with Crippen LogP contribution in [0.15, 0.2) is 40.8 Å². The molecule has 0 fully saturated rings. The molecule has 0 saturated heterocycles. The van der Waals surface area contributed by atoms with Crippen LogP contribution in [0.1, 0.15) is 28.5 Å². The summed E-state index contributed by atoms with van der Waals surface area (Å²) in [6, 6.07) is 10.1. The van der Waals surface area contributed by atoms with Crippen LogP contribution in [0.5, 0.6) is 0 Å². The standard InChI is InChI=1S/C16H18N2OS/c1-11-6-7-14(12(2)9-11)10-16(19)18-17-13(3)15-5-4-8-20-15/h4-9H,10H2,1-3H3,(H,18,19)/b17-13+. The van der Waals surface area contributed by atoms with Gasteiger partial charge in [0.15, 0.2) is 0 Å². The fourth-order valence-electron chi connectivity index (χ4n) is 1.94. The predicted octanol–water partition coefficient (Wildman–Crippen LogP) is 3.45. The van der Waals surface area contributed by atoms with E-state index in [-0.39, 0.29) is 5.91 Å². The zero-order chi connectivity index (χ0) is 14.5. The summed E-state index contributed by atoms with van der Waals surface area (Å²) in [7, 11) is 0. The molecule has 0 aliphatic carbocycles. The lowest BCUT2D eigenvalue weighted by molar-refractivity contribution is -0.120. The second-order valence-electron chi connectivity index (χ2n) is 4.82. The monoisotopic (exact) mass is 286 g/mol. The van der Waals surface area contributed by atoms with E-state index in [9.17, 15) is 4.79 Å². The number of thiophene rings is 1. The van der Waals surface area contributed by atoms with E-state index >= 15 is 0 Å². The van der Waals surface area contributed by atoms with Gasteiger partial charge in [-0.2, -0.15) is 5.10 Å². The molecule has 0 saturated carbocycles. The van der Waals surface area contributed by atoms with Crippen LogP contribution in [0.4, 0.5) is 0 Å². The van der Waals surface area contributed by atoms with Crippen LogP contribution >= 0.6 is 11.3 Å². The quantitative estimate of drug-likeness (QED) is 0.679. The van der Waals surface area contributed by atoms with Crippen LogP contribution < -0.4 is 5.43 Å². The molecule has 0 radical (unpaired) electrons. The molecule has 0 atom stereocenters. The highest BCUT2D eigenvalue weighted by Gasteiger charge is 2.06. The summed E-state index contributed by atoms with van der Waals surface area (Å²) in [5.41, 5.74) is 6.83. The van der Waals surface area contributed by atoms with Gasteiger partial charge in [0.25, 0.3) is 0 Å². The van der Waals surface area contributed by atoms with E-state index in [0.29, 0.717) is 6.42 Å². The number of carbonyl (C=O) groups is 1. The molecular weight excluding hydrogens is 268 g/mol. The maximum Gasteiger partial charge on any atom is 0.244 e. The molecule has 2 rings (SSSR count). The number of hydrogen-bond donors (Lipinski definition) is 1.